The molecule has 6 nitrogen and oxygen atoms in total. The number of benzene rings is 2. The quantitative estimate of drug-likeness (QED) is 0.348. The van der Waals surface area contributed by atoms with Crippen molar-refractivity contribution in [1.29, 1.82) is 0 Å². The van der Waals surface area contributed by atoms with Gasteiger partial charge in [-0.3, -0.25) is 4.79 Å². The van der Waals surface area contributed by atoms with E-state index in [0.717, 1.165) is 16.7 Å². The van der Waals surface area contributed by atoms with Gasteiger partial charge in [-0.05, 0) is 51.4 Å². The number of hydrogen-bond acceptors (Lipinski definition) is 5. The van der Waals surface area contributed by atoms with Crippen LogP contribution in [0.25, 0.3) is 17.2 Å². The molecule has 0 aliphatic carbocycles. The number of hydrogen-bond donors (Lipinski definition) is 5. The standard InChI is InChI=1S/C26H33FO6/c1-15(2)22-12-23(16(3)13-28)24(14-29)26(17-4-6-18(27)7-5-17)21(22)9-8-19(30)10-20(31)11-25(32)33/h4-9,12,15-16,19-20,28-31H,10-11,13-14H2,1-3H3,(H,32,33)/b9-8+/t16-,19-,20-/m0/s1. The van der Waals surface area contributed by atoms with E-state index < -0.39 is 30.4 Å². The van der Waals surface area contributed by atoms with Gasteiger partial charge in [0.1, 0.15) is 5.82 Å². The first-order chi connectivity index (χ1) is 15.6. The lowest BCUT2D eigenvalue weighted by molar-refractivity contribution is -0.139. The van der Waals surface area contributed by atoms with Crippen LogP contribution < -0.4 is 0 Å². The lowest BCUT2D eigenvalue weighted by atomic mass is 9.81. The molecular weight excluding hydrogens is 427 g/mol. The van der Waals surface area contributed by atoms with Crippen LogP contribution in [-0.4, -0.2) is 50.3 Å². The Kier molecular flexibility index (Phi) is 9.73. The van der Waals surface area contributed by atoms with Crippen molar-refractivity contribution in [2.24, 2.45) is 0 Å². The van der Waals surface area contributed by atoms with E-state index in [1.165, 1.54) is 18.2 Å². The number of aliphatic hydroxyl groups is 4. The second-order valence-corrected chi connectivity index (χ2v) is 8.64. The first-order valence-corrected chi connectivity index (χ1v) is 11.0. The summed E-state index contributed by atoms with van der Waals surface area (Å²) in [5, 5.41) is 49.0. The summed E-state index contributed by atoms with van der Waals surface area (Å²) in [6, 6.07) is 7.84. The molecule has 180 valence electrons. The molecule has 7 heteroatoms. The number of carboxylic acid groups (broad SMARTS) is 1. The van der Waals surface area contributed by atoms with Crippen molar-refractivity contribution in [2.75, 3.05) is 6.61 Å². The lowest BCUT2D eigenvalue weighted by Crippen LogP contribution is -2.19. The first kappa shape index (κ1) is 26.7. The summed E-state index contributed by atoms with van der Waals surface area (Å²) in [6.45, 7) is 5.45. The van der Waals surface area contributed by atoms with Gasteiger partial charge < -0.3 is 25.5 Å². The summed E-state index contributed by atoms with van der Waals surface area (Å²) in [5.74, 6) is -1.73. The average molecular weight is 461 g/mol. The van der Waals surface area contributed by atoms with Gasteiger partial charge in [0.15, 0.2) is 0 Å². The van der Waals surface area contributed by atoms with Crippen LogP contribution in [0.4, 0.5) is 4.39 Å². The Morgan fingerprint density at radius 1 is 1.06 bits per heavy atom. The zero-order valence-electron chi connectivity index (χ0n) is 19.2. The van der Waals surface area contributed by atoms with Crippen LogP contribution in [0, 0.1) is 5.82 Å². The Labute approximate surface area is 193 Å². The summed E-state index contributed by atoms with van der Waals surface area (Å²) in [4.78, 5) is 10.8. The van der Waals surface area contributed by atoms with Crippen molar-refractivity contribution >= 4 is 12.0 Å². The van der Waals surface area contributed by atoms with Crippen molar-refractivity contribution in [3.63, 3.8) is 0 Å². The molecule has 2 aromatic carbocycles. The average Bonchev–Trinajstić information content (AvgIpc) is 2.75. The van der Waals surface area contributed by atoms with Crippen LogP contribution in [-0.2, 0) is 11.4 Å². The maximum Gasteiger partial charge on any atom is 0.305 e. The van der Waals surface area contributed by atoms with Gasteiger partial charge in [-0.1, -0.05) is 51.1 Å². The largest absolute Gasteiger partial charge is 0.481 e. The van der Waals surface area contributed by atoms with Crippen LogP contribution in [0.2, 0.25) is 0 Å². The van der Waals surface area contributed by atoms with E-state index in [0.29, 0.717) is 16.7 Å². The number of aliphatic hydroxyl groups excluding tert-OH is 4. The monoisotopic (exact) mass is 460 g/mol. The third-order valence-electron chi connectivity index (χ3n) is 5.67. The first-order valence-electron chi connectivity index (χ1n) is 11.0. The number of aliphatic carboxylic acids is 1. The van der Waals surface area contributed by atoms with Crippen LogP contribution in [0.15, 0.2) is 36.4 Å². The van der Waals surface area contributed by atoms with E-state index in [1.54, 1.807) is 18.2 Å². The number of carboxylic acids is 1. The van der Waals surface area contributed by atoms with Crippen LogP contribution in [0.3, 0.4) is 0 Å². The summed E-state index contributed by atoms with van der Waals surface area (Å²) in [5.41, 5.74) is 4.38. The summed E-state index contributed by atoms with van der Waals surface area (Å²) < 4.78 is 13.6. The van der Waals surface area contributed by atoms with E-state index >= 15 is 0 Å². The molecule has 0 amide bonds. The number of carbonyl (C=O) groups is 1. The summed E-state index contributed by atoms with van der Waals surface area (Å²) in [6.07, 6.45) is 0.288. The van der Waals surface area contributed by atoms with E-state index in [-0.39, 0.29) is 31.5 Å². The van der Waals surface area contributed by atoms with Crippen molar-refractivity contribution in [3.8, 4) is 11.1 Å². The molecular formula is C26H33FO6. The van der Waals surface area contributed by atoms with Gasteiger partial charge in [0, 0.05) is 18.9 Å². The van der Waals surface area contributed by atoms with Gasteiger partial charge in [-0.2, -0.15) is 0 Å². The number of halogens is 1. The third-order valence-corrected chi connectivity index (χ3v) is 5.67. The maximum absolute atomic E-state index is 13.6. The van der Waals surface area contributed by atoms with E-state index in [2.05, 4.69) is 0 Å². The van der Waals surface area contributed by atoms with Gasteiger partial charge in [-0.15, -0.1) is 0 Å². The smallest absolute Gasteiger partial charge is 0.305 e. The van der Waals surface area contributed by atoms with Crippen LogP contribution >= 0.6 is 0 Å². The third kappa shape index (κ3) is 6.95. The highest BCUT2D eigenvalue weighted by molar-refractivity contribution is 5.81. The molecule has 0 heterocycles. The molecule has 33 heavy (non-hydrogen) atoms. The fraction of sp³-hybridized carbons (Fsp3) is 0.423. The van der Waals surface area contributed by atoms with Gasteiger partial charge in [0.05, 0.1) is 25.2 Å². The zero-order chi connectivity index (χ0) is 24.7. The fourth-order valence-corrected chi connectivity index (χ4v) is 3.95. The highest BCUT2D eigenvalue weighted by Crippen LogP contribution is 2.39. The molecule has 2 rings (SSSR count). The SMILES string of the molecule is CC(C)c1cc([C@@H](C)CO)c(CO)c(-c2ccc(F)cc2)c1/C=C/[C@H](O)C[C@H](O)CC(=O)O. The van der Waals surface area contributed by atoms with E-state index in [1.807, 2.05) is 26.8 Å². The minimum Gasteiger partial charge on any atom is -0.481 e. The molecule has 0 bridgehead atoms. The van der Waals surface area contributed by atoms with Crippen molar-refractivity contribution in [2.45, 2.75) is 64.3 Å². The molecule has 0 aliphatic heterocycles. The van der Waals surface area contributed by atoms with Crippen molar-refractivity contribution < 1.29 is 34.7 Å². The molecule has 0 fully saturated rings. The maximum atomic E-state index is 13.6. The molecule has 0 radical (unpaired) electrons. The molecule has 0 aromatic heterocycles. The zero-order valence-corrected chi connectivity index (χ0v) is 19.2. The Balaban J connectivity index is 2.68. The second kappa shape index (κ2) is 12.0. The second-order valence-electron chi connectivity index (χ2n) is 8.64. The highest BCUT2D eigenvalue weighted by Gasteiger charge is 2.22. The van der Waals surface area contributed by atoms with Gasteiger partial charge >= 0.3 is 5.97 Å². The summed E-state index contributed by atoms with van der Waals surface area (Å²) >= 11 is 0. The normalized spacial score (nSPS) is 14.6. The highest BCUT2D eigenvalue weighted by atomic mass is 19.1. The Morgan fingerprint density at radius 2 is 1.70 bits per heavy atom. The van der Waals surface area contributed by atoms with Crippen molar-refractivity contribution in [1.82, 2.24) is 0 Å². The topological polar surface area (TPSA) is 118 Å². The number of rotatable bonds is 11. The van der Waals surface area contributed by atoms with E-state index in [4.69, 9.17) is 5.11 Å². The lowest BCUT2D eigenvalue weighted by Gasteiger charge is -2.25. The predicted molar refractivity (Wildman–Crippen MR) is 125 cm³/mol. The Hall–Kier alpha value is -2.58. The van der Waals surface area contributed by atoms with Gasteiger partial charge in [0.2, 0.25) is 0 Å². The molecule has 2 aromatic rings. The minimum absolute atomic E-state index is 0.0518. The Bertz CT molecular complexity index is 968. The summed E-state index contributed by atoms with van der Waals surface area (Å²) in [7, 11) is 0. The molecule has 0 aliphatic rings. The van der Waals surface area contributed by atoms with Crippen LogP contribution in [0.1, 0.15) is 67.7 Å². The minimum atomic E-state index is -1.19. The van der Waals surface area contributed by atoms with Crippen LogP contribution in [0.5, 0.6) is 0 Å². The molecule has 0 unspecified atom stereocenters. The van der Waals surface area contributed by atoms with E-state index in [9.17, 15) is 29.6 Å². The van der Waals surface area contributed by atoms with Crippen molar-refractivity contribution in [3.05, 3.63) is 64.5 Å². The molecule has 0 spiro atoms. The predicted octanol–water partition coefficient (Wildman–Crippen LogP) is 3.80. The van der Waals surface area contributed by atoms with Gasteiger partial charge in [0.25, 0.3) is 0 Å². The molecule has 5 N–H and O–H groups in total. The van der Waals surface area contributed by atoms with Gasteiger partial charge in [-0.25, -0.2) is 4.39 Å². The molecule has 0 saturated carbocycles. The molecule has 3 atom stereocenters. The fourth-order valence-electron chi connectivity index (χ4n) is 3.95. The molecule has 0 saturated heterocycles. The Morgan fingerprint density at radius 3 is 2.21 bits per heavy atom.